The highest BCUT2D eigenvalue weighted by atomic mass is 16.3. The van der Waals surface area contributed by atoms with Gasteiger partial charge in [0, 0.05) is 23.6 Å². The Bertz CT molecular complexity index is 625. The topological polar surface area (TPSA) is 58.3 Å². The fraction of sp³-hybridized carbons (Fsp3) is 0. The Morgan fingerprint density at radius 3 is 2.00 bits per heavy atom. The number of phenolic OH excluding ortho intramolecular Hbond substituents is 2. The van der Waals surface area contributed by atoms with E-state index in [4.69, 9.17) is 0 Å². The van der Waals surface area contributed by atoms with E-state index in [-0.39, 0.29) is 11.5 Å². The van der Waals surface area contributed by atoms with Gasteiger partial charge in [-0.2, -0.15) is 0 Å². The lowest BCUT2D eigenvalue weighted by atomic mass is 10.2. The largest absolute Gasteiger partial charge is 0.508 e. The molecule has 3 rings (SSSR count). The van der Waals surface area contributed by atoms with Gasteiger partial charge in [0.2, 0.25) is 0 Å². The van der Waals surface area contributed by atoms with Gasteiger partial charge in [0.05, 0.1) is 0 Å². The summed E-state index contributed by atoms with van der Waals surface area (Å²) >= 11 is 0. The van der Waals surface area contributed by atoms with Crippen LogP contribution in [0.15, 0.2) is 60.9 Å². The second-order valence-corrected chi connectivity index (χ2v) is 4.18. The SMILES string of the molecule is Oc1ccc(-c2nccn2-c2ccc(O)cc2)cc1. The Labute approximate surface area is 110 Å². The van der Waals surface area contributed by atoms with Crippen molar-refractivity contribution in [1.82, 2.24) is 9.55 Å². The van der Waals surface area contributed by atoms with Gasteiger partial charge in [-0.1, -0.05) is 0 Å². The summed E-state index contributed by atoms with van der Waals surface area (Å²) < 4.78 is 1.92. The van der Waals surface area contributed by atoms with Crippen LogP contribution in [-0.4, -0.2) is 19.8 Å². The monoisotopic (exact) mass is 252 g/mol. The third-order valence-electron chi connectivity index (χ3n) is 2.89. The van der Waals surface area contributed by atoms with Crippen molar-refractivity contribution < 1.29 is 10.2 Å². The van der Waals surface area contributed by atoms with Crippen LogP contribution in [0.1, 0.15) is 0 Å². The average Bonchev–Trinajstić information content (AvgIpc) is 2.90. The van der Waals surface area contributed by atoms with Crippen LogP contribution < -0.4 is 0 Å². The fourth-order valence-corrected chi connectivity index (χ4v) is 1.95. The van der Waals surface area contributed by atoms with Crippen molar-refractivity contribution in [3.05, 3.63) is 60.9 Å². The fourth-order valence-electron chi connectivity index (χ4n) is 1.95. The summed E-state index contributed by atoms with van der Waals surface area (Å²) in [4.78, 5) is 4.33. The second kappa shape index (κ2) is 4.49. The van der Waals surface area contributed by atoms with E-state index in [0.29, 0.717) is 0 Å². The molecule has 4 nitrogen and oxygen atoms in total. The summed E-state index contributed by atoms with van der Waals surface area (Å²) in [6.45, 7) is 0. The first kappa shape index (κ1) is 11.3. The molecule has 2 N–H and O–H groups in total. The molecule has 0 unspecified atom stereocenters. The third kappa shape index (κ3) is 2.15. The van der Waals surface area contributed by atoms with Gasteiger partial charge in [-0.15, -0.1) is 0 Å². The van der Waals surface area contributed by atoms with Crippen LogP contribution in [0, 0.1) is 0 Å². The molecule has 3 aromatic rings. The zero-order chi connectivity index (χ0) is 13.2. The van der Waals surface area contributed by atoms with Gasteiger partial charge >= 0.3 is 0 Å². The molecule has 0 amide bonds. The van der Waals surface area contributed by atoms with E-state index in [1.54, 1.807) is 30.5 Å². The molecule has 0 fully saturated rings. The molecule has 4 heteroatoms. The standard InChI is InChI=1S/C15H12N2O2/c18-13-5-1-11(2-6-13)15-16-9-10-17(15)12-3-7-14(19)8-4-12/h1-10,18-19H. The molecule has 0 saturated carbocycles. The molecule has 0 radical (unpaired) electrons. The molecule has 0 saturated heterocycles. The van der Waals surface area contributed by atoms with Gasteiger partial charge < -0.3 is 10.2 Å². The summed E-state index contributed by atoms with van der Waals surface area (Å²) in [5.41, 5.74) is 1.83. The highest BCUT2D eigenvalue weighted by Gasteiger charge is 2.07. The summed E-state index contributed by atoms with van der Waals surface area (Å²) in [7, 11) is 0. The van der Waals surface area contributed by atoms with Crippen LogP contribution >= 0.6 is 0 Å². The number of nitrogens with zero attached hydrogens (tertiary/aromatic N) is 2. The van der Waals surface area contributed by atoms with Gasteiger partial charge in [0.15, 0.2) is 0 Å². The Morgan fingerprint density at radius 2 is 1.37 bits per heavy atom. The normalized spacial score (nSPS) is 10.5. The van der Waals surface area contributed by atoms with Crippen molar-refractivity contribution in [3.63, 3.8) is 0 Å². The molecule has 0 aliphatic heterocycles. The smallest absolute Gasteiger partial charge is 0.144 e. The molecule has 2 aromatic carbocycles. The van der Waals surface area contributed by atoms with Crippen molar-refractivity contribution in [2.75, 3.05) is 0 Å². The van der Waals surface area contributed by atoms with Gasteiger partial charge in [0.25, 0.3) is 0 Å². The minimum atomic E-state index is 0.228. The van der Waals surface area contributed by atoms with E-state index in [1.807, 2.05) is 35.0 Å². The first-order valence-electron chi connectivity index (χ1n) is 5.86. The van der Waals surface area contributed by atoms with E-state index in [1.165, 1.54) is 0 Å². The first-order chi connectivity index (χ1) is 9.24. The number of phenols is 2. The molecule has 0 aliphatic carbocycles. The minimum absolute atomic E-state index is 0.228. The van der Waals surface area contributed by atoms with Crippen LogP contribution in [0.2, 0.25) is 0 Å². The molecule has 19 heavy (non-hydrogen) atoms. The lowest BCUT2D eigenvalue weighted by molar-refractivity contribution is 0.474. The van der Waals surface area contributed by atoms with E-state index >= 15 is 0 Å². The van der Waals surface area contributed by atoms with Gasteiger partial charge in [-0.05, 0) is 48.5 Å². The summed E-state index contributed by atoms with van der Waals surface area (Å²) in [5.74, 6) is 1.24. The average molecular weight is 252 g/mol. The number of benzene rings is 2. The zero-order valence-corrected chi connectivity index (χ0v) is 10.1. The predicted molar refractivity (Wildman–Crippen MR) is 72.3 cm³/mol. The zero-order valence-electron chi connectivity index (χ0n) is 10.1. The molecule has 0 atom stereocenters. The van der Waals surface area contributed by atoms with Crippen LogP contribution in [0.3, 0.4) is 0 Å². The summed E-state index contributed by atoms with van der Waals surface area (Å²) in [6, 6.07) is 13.8. The second-order valence-electron chi connectivity index (χ2n) is 4.18. The number of imidazole rings is 1. The summed E-state index contributed by atoms with van der Waals surface area (Å²) in [6.07, 6.45) is 3.57. The van der Waals surface area contributed by atoms with Crippen molar-refractivity contribution in [1.29, 1.82) is 0 Å². The maximum absolute atomic E-state index is 9.32. The van der Waals surface area contributed by atoms with Crippen molar-refractivity contribution in [2.45, 2.75) is 0 Å². The van der Waals surface area contributed by atoms with Crippen LogP contribution in [0.4, 0.5) is 0 Å². The molecular formula is C15H12N2O2. The van der Waals surface area contributed by atoms with E-state index in [9.17, 15) is 10.2 Å². The van der Waals surface area contributed by atoms with Crippen molar-refractivity contribution >= 4 is 0 Å². The number of aromatic nitrogens is 2. The molecule has 1 heterocycles. The molecule has 94 valence electrons. The van der Waals surface area contributed by atoms with Gasteiger partial charge in [-0.3, -0.25) is 4.57 Å². The summed E-state index contributed by atoms with van der Waals surface area (Å²) in [5, 5.41) is 18.6. The van der Waals surface area contributed by atoms with Gasteiger partial charge in [0.1, 0.15) is 17.3 Å². The minimum Gasteiger partial charge on any atom is -0.508 e. The number of aromatic hydroxyl groups is 2. The van der Waals surface area contributed by atoms with E-state index in [0.717, 1.165) is 17.1 Å². The predicted octanol–water partition coefficient (Wildman–Crippen LogP) is 2.95. The van der Waals surface area contributed by atoms with Crippen molar-refractivity contribution in [3.8, 4) is 28.6 Å². The third-order valence-corrected chi connectivity index (χ3v) is 2.89. The van der Waals surface area contributed by atoms with Crippen LogP contribution in [0.5, 0.6) is 11.5 Å². The maximum Gasteiger partial charge on any atom is 0.144 e. The first-order valence-corrected chi connectivity index (χ1v) is 5.86. The highest BCUT2D eigenvalue weighted by Crippen LogP contribution is 2.24. The molecule has 1 aromatic heterocycles. The van der Waals surface area contributed by atoms with E-state index < -0.39 is 0 Å². The maximum atomic E-state index is 9.32. The molecule has 0 spiro atoms. The van der Waals surface area contributed by atoms with E-state index in [2.05, 4.69) is 4.98 Å². The number of hydrogen-bond donors (Lipinski definition) is 2. The Hall–Kier alpha value is -2.75. The highest BCUT2D eigenvalue weighted by molar-refractivity contribution is 5.59. The Kier molecular flexibility index (Phi) is 2.68. The number of rotatable bonds is 2. The lowest BCUT2D eigenvalue weighted by Crippen LogP contribution is -1.95. The Morgan fingerprint density at radius 1 is 0.789 bits per heavy atom. The quantitative estimate of drug-likeness (QED) is 0.737. The Balaban J connectivity index is 2.07. The molecular weight excluding hydrogens is 240 g/mol. The number of hydrogen-bond acceptors (Lipinski definition) is 3. The molecule has 0 bridgehead atoms. The lowest BCUT2D eigenvalue weighted by Gasteiger charge is -2.08. The van der Waals surface area contributed by atoms with Crippen molar-refractivity contribution in [2.24, 2.45) is 0 Å². The molecule has 0 aliphatic rings. The van der Waals surface area contributed by atoms with Crippen LogP contribution in [0.25, 0.3) is 17.1 Å². The van der Waals surface area contributed by atoms with Crippen LogP contribution in [-0.2, 0) is 0 Å². The van der Waals surface area contributed by atoms with Gasteiger partial charge in [-0.25, -0.2) is 4.98 Å².